The number of thioether (sulfide) groups is 2. The fourth-order valence-electron chi connectivity index (χ4n) is 2.68. The number of rotatable bonds is 12. The fraction of sp³-hybridized carbons (Fsp3) is 0.350. The van der Waals surface area contributed by atoms with Crippen molar-refractivity contribution in [2.75, 3.05) is 16.8 Å². The van der Waals surface area contributed by atoms with Crippen LogP contribution in [0.2, 0.25) is 0 Å². The molecule has 2 aromatic heterocycles. The van der Waals surface area contributed by atoms with Crippen LogP contribution in [0.5, 0.6) is 0 Å². The monoisotopic (exact) mass is 460 g/mol. The molecule has 3 aromatic rings. The van der Waals surface area contributed by atoms with E-state index < -0.39 is 0 Å². The van der Waals surface area contributed by atoms with Crippen LogP contribution in [0, 0.1) is 0 Å². The number of aromatic nitrogens is 5. The highest BCUT2D eigenvalue weighted by molar-refractivity contribution is 8.01. The van der Waals surface area contributed by atoms with Crippen LogP contribution in [0.4, 0.5) is 5.13 Å². The smallest absolute Gasteiger partial charge is 0.236 e. The van der Waals surface area contributed by atoms with E-state index in [1.165, 1.54) is 28.7 Å². The molecule has 0 radical (unpaired) electrons. The third-order valence-corrected chi connectivity index (χ3v) is 7.11. The van der Waals surface area contributed by atoms with Crippen molar-refractivity contribution >= 4 is 45.9 Å². The number of benzene rings is 1. The topological polar surface area (TPSA) is 85.6 Å². The Labute approximate surface area is 188 Å². The van der Waals surface area contributed by atoms with E-state index in [1.54, 1.807) is 17.8 Å². The first kappa shape index (κ1) is 22.5. The van der Waals surface area contributed by atoms with Crippen molar-refractivity contribution < 1.29 is 4.79 Å². The Balaban J connectivity index is 1.41. The van der Waals surface area contributed by atoms with Gasteiger partial charge in [-0.25, -0.2) is 0 Å². The number of nitrogens with zero attached hydrogens (tertiary/aromatic N) is 5. The lowest BCUT2D eigenvalue weighted by Crippen LogP contribution is -2.14. The summed E-state index contributed by atoms with van der Waals surface area (Å²) in [5.74, 6) is 1.95. The van der Waals surface area contributed by atoms with E-state index in [1.807, 2.05) is 17.6 Å². The van der Waals surface area contributed by atoms with Gasteiger partial charge >= 0.3 is 0 Å². The van der Waals surface area contributed by atoms with E-state index in [2.05, 4.69) is 56.6 Å². The van der Waals surface area contributed by atoms with Crippen molar-refractivity contribution in [3.63, 3.8) is 0 Å². The molecule has 30 heavy (non-hydrogen) atoms. The lowest BCUT2D eigenvalue weighted by molar-refractivity contribution is -0.113. The maximum Gasteiger partial charge on any atom is 0.236 e. The van der Waals surface area contributed by atoms with E-state index in [0.29, 0.717) is 16.8 Å². The summed E-state index contributed by atoms with van der Waals surface area (Å²) in [7, 11) is 0. The Morgan fingerprint density at radius 1 is 1.20 bits per heavy atom. The van der Waals surface area contributed by atoms with Crippen molar-refractivity contribution in [3.8, 4) is 0 Å². The van der Waals surface area contributed by atoms with Gasteiger partial charge in [-0.05, 0) is 18.4 Å². The number of amides is 1. The Hall–Kier alpha value is -2.17. The molecule has 0 saturated heterocycles. The van der Waals surface area contributed by atoms with Crippen LogP contribution in [0.3, 0.4) is 0 Å². The molecule has 1 amide bonds. The van der Waals surface area contributed by atoms with Crippen LogP contribution in [0.1, 0.15) is 24.7 Å². The molecule has 2 heterocycles. The number of aryl methyl sites for hydroxylation is 2. The molecule has 0 unspecified atom stereocenters. The van der Waals surface area contributed by atoms with E-state index in [-0.39, 0.29) is 11.7 Å². The summed E-state index contributed by atoms with van der Waals surface area (Å²) in [5, 5.41) is 20.6. The predicted molar refractivity (Wildman–Crippen MR) is 124 cm³/mol. The van der Waals surface area contributed by atoms with Crippen molar-refractivity contribution in [2.45, 2.75) is 42.2 Å². The molecule has 7 nitrogen and oxygen atoms in total. The molecule has 1 aromatic carbocycles. The lowest BCUT2D eigenvalue weighted by atomic mass is 10.1. The van der Waals surface area contributed by atoms with E-state index >= 15 is 0 Å². The largest absolute Gasteiger partial charge is 0.302 e. The van der Waals surface area contributed by atoms with Gasteiger partial charge in [0.05, 0.1) is 5.75 Å². The fourth-order valence-corrected chi connectivity index (χ4v) is 5.23. The number of anilines is 1. The first-order valence-corrected chi connectivity index (χ1v) is 12.4. The van der Waals surface area contributed by atoms with Crippen LogP contribution in [-0.4, -0.2) is 42.4 Å². The lowest BCUT2D eigenvalue weighted by Gasteiger charge is -2.06. The van der Waals surface area contributed by atoms with Gasteiger partial charge in [0.15, 0.2) is 9.50 Å². The Bertz CT molecular complexity index is 957. The summed E-state index contributed by atoms with van der Waals surface area (Å²) in [5.41, 5.74) is 1.34. The first-order valence-electron chi connectivity index (χ1n) is 9.65. The van der Waals surface area contributed by atoms with Gasteiger partial charge in [-0.15, -0.1) is 27.0 Å². The summed E-state index contributed by atoms with van der Waals surface area (Å²) < 4.78 is 2.84. The van der Waals surface area contributed by atoms with Crippen LogP contribution < -0.4 is 5.32 Å². The molecular formula is C20H24N6OS3. The van der Waals surface area contributed by atoms with Gasteiger partial charge in [-0.3, -0.25) is 10.1 Å². The van der Waals surface area contributed by atoms with Crippen molar-refractivity contribution in [1.82, 2.24) is 25.0 Å². The maximum absolute atomic E-state index is 12.3. The van der Waals surface area contributed by atoms with E-state index in [0.717, 1.165) is 35.2 Å². The van der Waals surface area contributed by atoms with Gasteiger partial charge in [0.1, 0.15) is 5.82 Å². The standard InChI is InChI=1S/C20H24N6OS3/c1-3-12-26-16(4-2)22-24-19(26)29-14-17(27)21-18-23-25-20(30-18)28-13-8-11-15-9-6-5-7-10-15/h3,5-7,9-10H,1,4,8,11-14H2,2H3,(H,21,23,27). The van der Waals surface area contributed by atoms with Gasteiger partial charge in [-0.2, -0.15) is 0 Å². The van der Waals surface area contributed by atoms with Gasteiger partial charge in [-0.1, -0.05) is 78.2 Å². The number of carbonyl (C=O) groups excluding carboxylic acids is 1. The third-order valence-electron chi connectivity index (χ3n) is 4.08. The van der Waals surface area contributed by atoms with Crippen LogP contribution in [-0.2, 0) is 24.2 Å². The normalized spacial score (nSPS) is 10.8. The zero-order valence-corrected chi connectivity index (χ0v) is 19.2. The van der Waals surface area contributed by atoms with E-state index in [9.17, 15) is 4.79 Å². The molecule has 10 heteroatoms. The third kappa shape index (κ3) is 6.68. The van der Waals surface area contributed by atoms with Gasteiger partial charge < -0.3 is 4.57 Å². The molecule has 0 aliphatic heterocycles. The molecule has 0 fully saturated rings. The number of carbonyl (C=O) groups is 1. The van der Waals surface area contributed by atoms with Crippen LogP contribution in [0.25, 0.3) is 0 Å². The summed E-state index contributed by atoms with van der Waals surface area (Å²) in [6.07, 6.45) is 4.69. The predicted octanol–water partition coefficient (Wildman–Crippen LogP) is 4.33. The number of nitrogens with one attached hydrogen (secondary N) is 1. The second-order valence-corrected chi connectivity index (χ2v) is 9.56. The minimum Gasteiger partial charge on any atom is -0.302 e. The molecule has 0 saturated carbocycles. The van der Waals surface area contributed by atoms with Crippen LogP contribution >= 0.6 is 34.9 Å². The molecule has 0 aliphatic carbocycles. The van der Waals surface area contributed by atoms with Gasteiger partial charge in [0.25, 0.3) is 0 Å². The molecule has 0 spiro atoms. The van der Waals surface area contributed by atoms with Crippen LogP contribution in [0.15, 0.2) is 52.5 Å². The second-order valence-electron chi connectivity index (χ2n) is 6.30. The summed E-state index contributed by atoms with van der Waals surface area (Å²) in [6, 6.07) is 10.4. The molecule has 3 rings (SSSR count). The minimum atomic E-state index is -0.136. The molecule has 0 bridgehead atoms. The summed E-state index contributed by atoms with van der Waals surface area (Å²) in [4.78, 5) is 12.3. The highest BCUT2D eigenvalue weighted by atomic mass is 32.2. The summed E-state index contributed by atoms with van der Waals surface area (Å²) >= 11 is 4.42. The van der Waals surface area contributed by atoms with E-state index in [4.69, 9.17) is 0 Å². The highest BCUT2D eigenvalue weighted by Gasteiger charge is 2.14. The zero-order valence-electron chi connectivity index (χ0n) is 16.8. The average Bonchev–Trinajstić information content (AvgIpc) is 3.37. The average molecular weight is 461 g/mol. The SMILES string of the molecule is C=CCn1c(CC)nnc1SCC(=O)Nc1nnc(SCCCc2ccccc2)s1. The molecule has 0 aliphatic rings. The summed E-state index contributed by atoms with van der Waals surface area (Å²) in [6.45, 7) is 6.42. The van der Waals surface area contributed by atoms with Crippen molar-refractivity contribution in [3.05, 3.63) is 54.4 Å². The highest BCUT2D eigenvalue weighted by Crippen LogP contribution is 2.26. The van der Waals surface area contributed by atoms with Gasteiger partial charge in [0, 0.05) is 18.7 Å². The Morgan fingerprint density at radius 3 is 2.80 bits per heavy atom. The molecule has 158 valence electrons. The molecule has 0 atom stereocenters. The quantitative estimate of drug-likeness (QED) is 0.186. The second kappa shape index (κ2) is 11.9. The van der Waals surface area contributed by atoms with Crippen molar-refractivity contribution in [1.29, 1.82) is 0 Å². The van der Waals surface area contributed by atoms with Gasteiger partial charge in [0.2, 0.25) is 11.0 Å². The zero-order chi connectivity index (χ0) is 21.2. The molecular weight excluding hydrogens is 436 g/mol. The van der Waals surface area contributed by atoms with Crippen molar-refractivity contribution in [2.24, 2.45) is 0 Å². The number of hydrogen-bond acceptors (Lipinski definition) is 8. The maximum atomic E-state index is 12.3. The molecule has 1 N–H and O–H groups in total. The number of hydrogen-bond donors (Lipinski definition) is 1. The first-order chi connectivity index (χ1) is 14.7. The minimum absolute atomic E-state index is 0.136. The Morgan fingerprint density at radius 2 is 2.03 bits per heavy atom. The Kier molecular flexibility index (Phi) is 8.91. The number of allylic oxidation sites excluding steroid dienone is 1.